The molecule has 0 spiro atoms. The zero-order valence-electron chi connectivity index (χ0n) is 16.7. The maximum absolute atomic E-state index is 12.9. The van der Waals surface area contributed by atoms with Gasteiger partial charge >= 0.3 is 0 Å². The van der Waals surface area contributed by atoms with E-state index in [0.29, 0.717) is 28.5 Å². The highest BCUT2D eigenvalue weighted by atomic mass is 32.2. The number of fused-ring (bicyclic) bond motifs is 1. The molecule has 1 aromatic heterocycles. The molecular weight excluding hydrogens is 370 g/mol. The van der Waals surface area contributed by atoms with E-state index >= 15 is 0 Å². The van der Waals surface area contributed by atoms with Crippen LogP contribution in [0.15, 0.2) is 52.4 Å². The van der Waals surface area contributed by atoms with Crippen molar-refractivity contribution in [1.82, 2.24) is 9.55 Å². The molecule has 28 heavy (non-hydrogen) atoms. The molecule has 1 N–H and O–H groups in total. The predicted molar refractivity (Wildman–Crippen MR) is 116 cm³/mol. The summed E-state index contributed by atoms with van der Waals surface area (Å²) >= 11 is 1.30. The van der Waals surface area contributed by atoms with E-state index in [2.05, 4.69) is 24.1 Å². The number of nitrogens with one attached hydrogen (secondary N) is 1. The third-order valence-electron chi connectivity index (χ3n) is 4.59. The zero-order valence-corrected chi connectivity index (χ0v) is 17.5. The summed E-state index contributed by atoms with van der Waals surface area (Å²) in [6.45, 7) is 8.69. The number of amides is 1. The van der Waals surface area contributed by atoms with Crippen LogP contribution in [0.1, 0.15) is 25.0 Å². The van der Waals surface area contributed by atoms with Gasteiger partial charge in [-0.3, -0.25) is 14.2 Å². The molecule has 6 heteroatoms. The van der Waals surface area contributed by atoms with Gasteiger partial charge in [0.1, 0.15) is 0 Å². The first-order valence-electron chi connectivity index (χ1n) is 9.35. The first kappa shape index (κ1) is 20.1. The fourth-order valence-electron chi connectivity index (χ4n) is 2.99. The molecule has 3 aromatic rings. The minimum atomic E-state index is -0.114. The minimum Gasteiger partial charge on any atom is -0.325 e. The van der Waals surface area contributed by atoms with Gasteiger partial charge in [0.15, 0.2) is 5.16 Å². The van der Waals surface area contributed by atoms with Crippen molar-refractivity contribution < 1.29 is 4.79 Å². The molecule has 0 radical (unpaired) electrons. The summed E-state index contributed by atoms with van der Waals surface area (Å²) < 4.78 is 1.68. The lowest BCUT2D eigenvalue weighted by atomic mass is 10.1. The second-order valence-electron chi connectivity index (χ2n) is 7.31. The van der Waals surface area contributed by atoms with Crippen molar-refractivity contribution in [3.63, 3.8) is 0 Å². The Morgan fingerprint density at radius 1 is 1.14 bits per heavy atom. The molecule has 1 heterocycles. The van der Waals surface area contributed by atoms with Crippen LogP contribution in [0.25, 0.3) is 10.9 Å². The Morgan fingerprint density at radius 3 is 2.64 bits per heavy atom. The number of benzene rings is 2. The highest BCUT2D eigenvalue weighted by Crippen LogP contribution is 2.21. The monoisotopic (exact) mass is 395 g/mol. The zero-order chi connectivity index (χ0) is 20.3. The van der Waals surface area contributed by atoms with Gasteiger partial charge in [0.25, 0.3) is 5.56 Å². The number of carbonyl (C=O) groups excluding carboxylic acids is 1. The number of rotatable bonds is 6. The average Bonchev–Trinajstić information content (AvgIpc) is 2.66. The lowest BCUT2D eigenvalue weighted by Crippen LogP contribution is -2.26. The van der Waals surface area contributed by atoms with E-state index in [4.69, 9.17) is 0 Å². The lowest BCUT2D eigenvalue weighted by molar-refractivity contribution is -0.113. The van der Waals surface area contributed by atoms with Gasteiger partial charge in [-0.1, -0.05) is 49.9 Å². The van der Waals surface area contributed by atoms with E-state index < -0.39 is 0 Å². The van der Waals surface area contributed by atoms with Crippen molar-refractivity contribution in [1.29, 1.82) is 0 Å². The Balaban J connectivity index is 1.84. The maximum atomic E-state index is 12.9. The molecular formula is C22H25N3O2S. The predicted octanol–water partition coefficient (Wildman–Crippen LogP) is 4.40. The van der Waals surface area contributed by atoms with Crippen LogP contribution in [0.5, 0.6) is 0 Å². The van der Waals surface area contributed by atoms with Crippen molar-refractivity contribution in [2.24, 2.45) is 5.92 Å². The number of nitrogens with zero attached hydrogens (tertiary/aromatic N) is 2. The van der Waals surface area contributed by atoms with Crippen molar-refractivity contribution >= 4 is 34.3 Å². The molecule has 0 aliphatic heterocycles. The van der Waals surface area contributed by atoms with Crippen molar-refractivity contribution in [2.45, 2.75) is 39.4 Å². The van der Waals surface area contributed by atoms with Crippen LogP contribution in [-0.2, 0) is 11.3 Å². The quantitative estimate of drug-likeness (QED) is 0.496. The third-order valence-corrected chi connectivity index (χ3v) is 5.56. The molecule has 3 rings (SSSR count). The molecule has 0 atom stereocenters. The number of thioether (sulfide) groups is 1. The molecule has 1 amide bonds. The van der Waals surface area contributed by atoms with E-state index in [1.807, 2.05) is 50.2 Å². The summed E-state index contributed by atoms with van der Waals surface area (Å²) in [6.07, 6.45) is 0. The third kappa shape index (κ3) is 4.44. The fourth-order valence-corrected chi connectivity index (χ4v) is 3.80. The molecule has 2 aromatic carbocycles. The Labute approximate surface area is 169 Å². The van der Waals surface area contributed by atoms with Crippen molar-refractivity contribution in [3.05, 3.63) is 63.9 Å². The van der Waals surface area contributed by atoms with E-state index in [1.165, 1.54) is 11.8 Å². The van der Waals surface area contributed by atoms with Gasteiger partial charge < -0.3 is 5.32 Å². The van der Waals surface area contributed by atoms with Gasteiger partial charge in [0.05, 0.1) is 16.7 Å². The van der Waals surface area contributed by atoms with Crippen LogP contribution in [0, 0.1) is 19.8 Å². The number of hydrogen-bond acceptors (Lipinski definition) is 4. The summed E-state index contributed by atoms with van der Waals surface area (Å²) in [6, 6.07) is 13.2. The van der Waals surface area contributed by atoms with Gasteiger partial charge in [-0.25, -0.2) is 4.98 Å². The Bertz CT molecular complexity index is 1070. The summed E-state index contributed by atoms with van der Waals surface area (Å²) in [4.78, 5) is 30.0. The van der Waals surface area contributed by atoms with Crippen molar-refractivity contribution in [2.75, 3.05) is 11.1 Å². The molecule has 146 valence electrons. The fraction of sp³-hybridized carbons (Fsp3) is 0.318. The molecule has 5 nitrogen and oxygen atoms in total. The van der Waals surface area contributed by atoms with E-state index in [0.717, 1.165) is 16.8 Å². The standard InChI is InChI=1S/C22H25N3O2S/c1-14(2)12-25-21(27)17-9-5-6-10-19(17)24-22(25)28-13-20(26)23-18-11-7-8-15(3)16(18)4/h5-11,14H,12-13H2,1-4H3,(H,23,26). The van der Waals surface area contributed by atoms with Gasteiger partial charge in [-0.05, 0) is 49.1 Å². The first-order valence-corrected chi connectivity index (χ1v) is 10.3. The van der Waals surface area contributed by atoms with Crippen LogP contribution in [0.3, 0.4) is 0 Å². The second kappa shape index (κ2) is 8.61. The van der Waals surface area contributed by atoms with E-state index in [1.54, 1.807) is 10.6 Å². The first-order chi connectivity index (χ1) is 13.4. The Hall–Kier alpha value is -2.60. The minimum absolute atomic E-state index is 0.0586. The highest BCUT2D eigenvalue weighted by molar-refractivity contribution is 7.99. The smallest absolute Gasteiger partial charge is 0.262 e. The number of aryl methyl sites for hydroxylation is 1. The molecule has 0 aliphatic rings. The Morgan fingerprint density at radius 2 is 1.89 bits per heavy atom. The van der Waals surface area contributed by atoms with Crippen molar-refractivity contribution in [3.8, 4) is 0 Å². The molecule has 0 unspecified atom stereocenters. The molecule has 0 bridgehead atoms. The van der Waals surface area contributed by atoms with Crippen LogP contribution in [-0.4, -0.2) is 21.2 Å². The molecule has 0 aliphatic carbocycles. The summed E-state index contributed by atoms with van der Waals surface area (Å²) in [7, 11) is 0. The van der Waals surface area contributed by atoms with Gasteiger partial charge in [0, 0.05) is 12.2 Å². The second-order valence-corrected chi connectivity index (χ2v) is 8.25. The van der Waals surface area contributed by atoms with Gasteiger partial charge in [-0.2, -0.15) is 0 Å². The molecule has 0 saturated heterocycles. The number of anilines is 1. The molecule has 0 fully saturated rings. The van der Waals surface area contributed by atoms with Crippen LogP contribution < -0.4 is 10.9 Å². The topological polar surface area (TPSA) is 64.0 Å². The van der Waals surface area contributed by atoms with Crippen LogP contribution >= 0.6 is 11.8 Å². The molecule has 0 saturated carbocycles. The SMILES string of the molecule is Cc1cccc(NC(=O)CSc2nc3ccccc3c(=O)n2CC(C)C)c1C. The number of hydrogen-bond donors (Lipinski definition) is 1. The van der Waals surface area contributed by atoms with Crippen LogP contribution in [0.2, 0.25) is 0 Å². The van der Waals surface area contributed by atoms with E-state index in [9.17, 15) is 9.59 Å². The van der Waals surface area contributed by atoms with Crippen LogP contribution in [0.4, 0.5) is 5.69 Å². The number of aromatic nitrogens is 2. The number of para-hydroxylation sites is 1. The van der Waals surface area contributed by atoms with Gasteiger partial charge in [-0.15, -0.1) is 0 Å². The normalized spacial score (nSPS) is 11.2. The highest BCUT2D eigenvalue weighted by Gasteiger charge is 2.14. The summed E-state index contributed by atoms with van der Waals surface area (Å²) in [5, 5.41) is 4.14. The number of carbonyl (C=O) groups is 1. The summed E-state index contributed by atoms with van der Waals surface area (Å²) in [5.74, 6) is 0.372. The lowest BCUT2D eigenvalue weighted by Gasteiger charge is -2.15. The Kier molecular flexibility index (Phi) is 6.19. The summed E-state index contributed by atoms with van der Waals surface area (Å²) in [5.41, 5.74) is 3.60. The van der Waals surface area contributed by atoms with Gasteiger partial charge in [0.2, 0.25) is 5.91 Å². The largest absolute Gasteiger partial charge is 0.325 e. The van der Waals surface area contributed by atoms with E-state index in [-0.39, 0.29) is 17.2 Å². The maximum Gasteiger partial charge on any atom is 0.262 e. The average molecular weight is 396 g/mol.